The Morgan fingerprint density at radius 3 is 2.74 bits per heavy atom. The Hall–Kier alpha value is -2.05. The molecule has 2 saturated carbocycles. The Morgan fingerprint density at radius 1 is 1.30 bits per heavy atom. The van der Waals surface area contributed by atoms with Crippen LogP contribution in [0.4, 0.5) is 13.6 Å². The van der Waals surface area contributed by atoms with Crippen molar-refractivity contribution in [1.29, 1.82) is 0 Å². The summed E-state index contributed by atoms with van der Waals surface area (Å²) in [4.78, 5) is 12.0. The molecular weight excluding hydrogens is 306 g/mol. The molecule has 0 radical (unpaired) electrons. The van der Waals surface area contributed by atoms with Crippen LogP contribution in [0, 0.1) is 5.41 Å². The Morgan fingerprint density at radius 2 is 2.04 bits per heavy atom. The summed E-state index contributed by atoms with van der Waals surface area (Å²) in [7, 11) is 0. The number of benzene rings is 1. The first-order valence-electron chi connectivity index (χ1n) is 7.82. The number of alkyl halides is 2. The van der Waals surface area contributed by atoms with Gasteiger partial charge in [-0.25, -0.2) is 4.79 Å². The van der Waals surface area contributed by atoms with Crippen molar-refractivity contribution in [3.05, 3.63) is 23.8 Å². The lowest BCUT2D eigenvalue weighted by Crippen LogP contribution is -2.49. The molecule has 5 nitrogen and oxygen atoms in total. The first-order chi connectivity index (χ1) is 10.9. The minimum Gasteiger partial charge on any atom is -0.395 e. The highest BCUT2D eigenvalue weighted by Crippen LogP contribution is 2.60. The van der Waals surface area contributed by atoms with Crippen LogP contribution in [0.2, 0.25) is 0 Å². The van der Waals surface area contributed by atoms with Gasteiger partial charge in [0, 0.05) is 11.6 Å². The van der Waals surface area contributed by atoms with Crippen LogP contribution >= 0.6 is 0 Å². The van der Waals surface area contributed by atoms with Crippen LogP contribution in [0.5, 0.6) is 11.5 Å². The number of hydrogen-bond donors (Lipinski definition) is 2. The van der Waals surface area contributed by atoms with E-state index in [4.69, 9.17) is 0 Å². The first kappa shape index (κ1) is 14.5. The van der Waals surface area contributed by atoms with E-state index in [1.54, 1.807) is 19.1 Å². The summed E-state index contributed by atoms with van der Waals surface area (Å²) in [6.07, 6.45) is 0.957. The number of amides is 2. The molecule has 1 atom stereocenters. The van der Waals surface area contributed by atoms with E-state index in [0.717, 1.165) is 12.8 Å². The summed E-state index contributed by atoms with van der Waals surface area (Å²) < 4.78 is 35.4. The van der Waals surface area contributed by atoms with Crippen molar-refractivity contribution in [3.8, 4) is 11.5 Å². The average molecular weight is 324 g/mol. The number of ether oxygens (including phenoxy) is 2. The highest BCUT2D eigenvalue weighted by Gasteiger charge is 2.53. The smallest absolute Gasteiger partial charge is 0.395 e. The van der Waals surface area contributed by atoms with Gasteiger partial charge in [-0.2, -0.15) is 0 Å². The predicted molar refractivity (Wildman–Crippen MR) is 77.4 cm³/mol. The first-order valence-corrected chi connectivity index (χ1v) is 7.82. The van der Waals surface area contributed by atoms with Gasteiger partial charge in [0.1, 0.15) is 0 Å². The summed E-state index contributed by atoms with van der Waals surface area (Å²) in [5.74, 6) is -0.0397. The van der Waals surface area contributed by atoms with Crippen molar-refractivity contribution in [3.63, 3.8) is 0 Å². The standard InChI is InChI=1S/C16H18F2N2O3/c1-9(19-14(21)20-10-7-15(8-10)5-6-15)11-3-2-4-12-13(11)23-16(17,18)22-12/h2-4,9-10H,5-8H2,1H3,(H2,19,20,21). The van der Waals surface area contributed by atoms with Crippen LogP contribution < -0.4 is 20.1 Å². The number of fused-ring (bicyclic) bond motifs is 1. The van der Waals surface area contributed by atoms with Crippen molar-refractivity contribution in [2.75, 3.05) is 0 Å². The number of carbonyl (C=O) groups is 1. The third-order valence-corrected chi connectivity index (χ3v) is 4.92. The second-order valence-corrected chi connectivity index (χ2v) is 6.79. The summed E-state index contributed by atoms with van der Waals surface area (Å²) >= 11 is 0. The van der Waals surface area contributed by atoms with E-state index in [0.29, 0.717) is 11.0 Å². The quantitative estimate of drug-likeness (QED) is 0.897. The topological polar surface area (TPSA) is 59.6 Å². The van der Waals surface area contributed by atoms with Gasteiger partial charge in [0.15, 0.2) is 11.5 Å². The molecule has 7 heteroatoms. The Balaban J connectivity index is 1.39. The molecule has 2 aliphatic carbocycles. The normalized spacial score (nSPS) is 24.0. The summed E-state index contributed by atoms with van der Waals surface area (Å²) in [5.41, 5.74) is 0.975. The molecule has 1 heterocycles. The molecular formula is C16H18F2N2O3. The van der Waals surface area contributed by atoms with Gasteiger partial charge in [0.25, 0.3) is 0 Å². The van der Waals surface area contributed by atoms with Crippen LogP contribution in [0.15, 0.2) is 18.2 Å². The fourth-order valence-electron chi connectivity index (χ4n) is 3.51. The zero-order valence-corrected chi connectivity index (χ0v) is 12.7. The number of urea groups is 1. The van der Waals surface area contributed by atoms with E-state index in [1.807, 2.05) is 0 Å². The SMILES string of the molecule is CC(NC(=O)NC1CC2(CC2)C1)c1cccc2c1OC(F)(F)O2. The minimum absolute atomic E-state index is 0.0174. The van der Waals surface area contributed by atoms with Gasteiger partial charge in [-0.05, 0) is 44.1 Å². The highest BCUT2D eigenvalue weighted by atomic mass is 19.3. The molecule has 2 amide bonds. The molecule has 1 spiro atoms. The van der Waals surface area contributed by atoms with Gasteiger partial charge in [-0.15, -0.1) is 8.78 Å². The monoisotopic (exact) mass is 324 g/mol. The molecule has 124 valence electrons. The highest BCUT2D eigenvalue weighted by molar-refractivity contribution is 5.75. The lowest BCUT2D eigenvalue weighted by atomic mass is 9.77. The maximum Gasteiger partial charge on any atom is 0.586 e. The molecule has 0 saturated heterocycles. The number of rotatable bonds is 3. The van der Waals surface area contributed by atoms with Gasteiger partial charge in [0.2, 0.25) is 0 Å². The Bertz CT molecular complexity index is 653. The Kier molecular flexibility index (Phi) is 2.98. The minimum atomic E-state index is -3.66. The van der Waals surface area contributed by atoms with Crippen molar-refractivity contribution in [2.45, 2.75) is 51.0 Å². The third-order valence-electron chi connectivity index (χ3n) is 4.92. The van der Waals surface area contributed by atoms with E-state index < -0.39 is 12.3 Å². The number of hydrogen-bond acceptors (Lipinski definition) is 3. The molecule has 0 aromatic heterocycles. The summed E-state index contributed by atoms with van der Waals surface area (Å²) in [6, 6.07) is 4.10. The van der Waals surface area contributed by atoms with E-state index >= 15 is 0 Å². The third kappa shape index (κ3) is 2.68. The van der Waals surface area contributed by atoms with Crippen molar-refractivity contribution < 1.29 is 23.0 Å². The average Bonchev–Trinajstić information content (AvgIpc) is 3.13. The fourth-order valence-corrected chi connectivity index (χ4v) is 3.51. The molecule has 1 aliphatic heterocycles. The van der Waals surface area contributed by atoms with E-state index in [2.05, 4.69) is 20.1 Å². The number of halogens is 2. The van der Waals surface area contributed by atoms with Gasteiger partial charge < -0.3 is 20.1 Å². The van der Waals surface area contributed by atoms with Crippen molar-refractivity contribution >= 4 is 6.03 Å². The number of nitrogens with one attached hydrogen (secondary N) is 2. The number of carbonyl (C=O) groups excluding carboxylic acids is 1. The lowest BCUT2D eigenvalue weighted by molar-refractivity contribution is -0.287. The van der Waals surface area contributed by atoms with Crippen LogP contribution in [-0.4, -0.2) is 18.4 Å². The maximum atomic E-state index is 13.2. The Labute approximate surface area is 132 Å². The van der Waals surface area contributed by atoms with E-state index in [9.17, 15) is 13.6 Å². The molecule has 0 bridgehead atoms. The fraction of sp³-hybridized carbons (Fsp3) is 0.562. The van der Waals surface area contributed by atoms with Crippen molar-refractivity contribution in [2.24, 2.45) is 5.41 Å². The summed E-state index contributed by atoms with van der Waals surface area (Å²) in [5, 5.41) is 5.70. The predicted octanol–water partition coefficient (Wildman–Crippen LogP) is 3.31. The van der Waals surface area contributed by atoms with E-state index in [1.165, 1.54) is 18.9 Å². The zero-order valence-electron chi connectivity index (χ0n) is 12.7. The molecule has 23 heavy (non-hydrogen) atoms. The second kappa shape index (κ2) is 4.72. The molecule has 1 aromatic carbocycles. The second-order valence-electron chi connectivity index (χ2n) is 6.79. The largest absolute Gasteiger partial charge is 0.586 e. The van der Waals surface area contributed by atoms with Crippen LogP contribution in [0.1, 0.15) is 44.2 Å². The number of para-hydroxylation sites is 1. The lowest BCUT2D eigenvalue weighted by Gasteiger charge is -2.36. The van der Waals surface area contributed by atoms with Crippen LogP contribution in [0.3, 0.4) is 0 Å². The molecule has 1 unspecified atom stereocenters. The molecule has 2 fully saturated rings. The molecule has 1 aromatic rings. The van der Waals surface area contributed by atoms with Gasteiger partial charge in [-0.3, -0.25) is 0 Å². The van der Waals surface area contributed by atoms with Crippen molar-refractivity contribution in [1.82, 2.24) is 10.6 Å². The van der Waals surface area contributed by atoms with Gasteiger partial charge >= 0.3 is 12.3 Å². The van der Waals surface area contributed by atoms with E-state index in [-0.39, 0.29) is 23.6 Å². The van der Waals surface area contributed by atoms with Crippen LogP contribution in [0.25, 0.3) is 0 Å². The zero-order chi connectivity index (χ0) is 16.2. The van der Waals surface area contributed by atoms with Crippen LogP contribution in [-0.2, 0) is 0 Å². The maximum absolute atomic E-state index is 13.2. The summed E-state index contributed by atoms with van der Waals surface area (Å²) in [6.45, 7) is 1.72. The molecule has 3 aliphatic rings. The van der Waals surface area contributed by atoms with Gasteiger partial charge in [0.05, 0.1) is 6.04 Å². The molecule has 4 rings (SSSR count). The molecule has 2 N–H and O–H groups in total. The van der Waals surface area contributed by atoms with Gasteiger partial charge in [-0.1, -0.05) is 12.1 Å².